The maximum atomic E-state index is 12.4. The largest absolute Gasteiger partial charge is 0.325 e. The van der Waals surface area contributed by atoms with Gasteiger partial charge in [-0.1, -0.05) is 0 Å². The van der Waals surface area contributed by atoms with Crippen molar-refractivity contribution >= 4 is 34.0 Å². The lowest BCUT2D eigenvalue weighted by Crippen LogP contribution is -2.13. The highest BCUT2D eigenvalue weighted by atomic mass is 32.1. The molecule has 0 radical (unpaired) electrons. The van der Waals surface area contributed by atoms with Gasteiger partial charge < -0.3 is 9.88 Å². The Morgan fingerprint density at radius 2 is 2.27 bits per heavy atom. The quantitative estimate of drug-likeness (QED) is 0.608. The SMILES string of the molecule is Cn1cc(-n2ccc3nc(Nc4ccsc4)[nH]c(=O)c32)cn1. The Balaban J connectivity index is 1.82. The smallest absolute Gasteiger partial charge is 0.277 e. The first-order valence-corrected chi connectivity index (χ1v) is 7.54. The predicted molar refractivity (Wildman–Crippen MR) is 86.1 cm³/mol. The first-order chi connectivity index (χ1) is 10.7. The van der Waals surface area contributed by atoms with Crippen LogP contribution in [0.25, 0.3) is 16.7 Å². The zero-order valence-corrected chi connectivity index (χ0v) is 12.5. The molecule has 8 heteroatoms. The standard InChI is InChI=1S/C14H12N6OS/c1-19-7-10(6-15-19)20-4-2-11-12(20)13(21)18-14(17-11)16-9-3-5-22-8-9/h2-8H,1H3,(H2,16,17,18,21). The Hall–Kier alpha value is -2.87. The molecule has 0 fully saturated rings. The molecule has 0 saturated heterocycles. The fourth-order valence-corrected chi connectivity index (χ4v) is 2.92. The predicted octanol–water partition coefficient (Wildman–Crippen LogP) is 2.25. The molecule has 4 heterocycles. The Morgan fingerprint density at radius 3 is 3.00 bits per heavy atom. The third kappa shape index (κ3) is 2.09. The summed E-state index contributed by atoms with van der Waals surface area (Å²) in [5.41, 5.74) is 2.66. The summed E-state index contributed by atoms with van der Waals surface area (Å²) in [6.07, 6.45) is 5.37. The van der Waals surface area contributed by atoms with Gasteiger partial charge in [-0.2, -0.15) is 16.4 Å². The van der Waals surface area contributed by atoms with Crippen molar-refractivity contribution < 1.29 is 0 Å². The molecular formula is C14H12N6OS. The van der Waals surface area contributed by atoms with Gasteiger partial charge >= 0.3 is 0 Å². The number of hydrogen-bond donors (Lipinski definition) is 2. The zero-order chi connectivity index (χ0) is 15.1. The van der Waals surface area contributed by atoms with Crippen LogP contribution in [0.1, 0.15) is 0 Å². The van der Waals surface area contributed by atoms with Gasteiger partial charge in [-0.3, -0.25) is 14.5 Å². The van der Waals surface area contributed by atoms with Crippen LogP contribution < -0.4 is 10.9 Å². The van der Waals surface area contributed by atoms with E-state index in [0.29, 0.717) is 17.0 Å². The number of aryl methyl sites for hydroxylation is 1. The van der Waals surface area contributed by atoms with E-state index in [1.54, 1.807) is 26.8 Å². The van der Waals surface area contributed by atoms with Crippen LogP contribution in [0.2, 0.25) is 0 Å². The number of aromatic nitrogens is 5. The van der Waals surface area contributed by atoms with Crippen LogP contribution in [0.15, 0.2) is 46.3 Å². The Labute approximate surface area is 128 Å². The minimum absolute atomic E-state index is 0.198. The van der Waals surface area contributed by atoms with Gasteiger partial charge in [0, 0.05) is 24.8 Å². The van der Waals surface area contributed by atoms with Crippen molar-refractivity contribution in [2.45, 2.75) is 0 Å². The van der Waals surface area contributed by atoms with E-state index in [1.165, 1.54) is 0 Å². The Bertz CT molecular complexity index is 994. The summed E-state index contributed by atoms with van der Waals surface area (Å²) in [5.74, 6) is 0.430. The van der Waals surface area contributed by atoms with Gasteiger partial charge in [0.1, 0.15) is 5.52 Å². The van der Waals surface area contributed by atoms with Crippen LogP contribution >= 0.6 is 11.3 Å². The number of nitrogens with one attached hydrogen (secondary N) is 2. The van der Waals surface area contributed by atoms with Crippen molar-refractivity contribution in [1.82, 2.24) is 24.3 Å². The maximum Gasteiger partial charge on any atom is 0.277 e. The highest BCUT2D eigenvalue weighted by molar-refractivity contribution is 7.08. The second kappa shape index (κ2) is 4.85. The number of fused-ring (bicyclic) bond motifs is 1. The Morgan fingerprint density at radius 1 is 1.36 bits per heavy atom. The third-order valence-electron chi connectivity index (χ3n) is 3.30. The highest BCUT2D eigenvalue weighted by Crippen LogP contribution is 2.19. The lowest BCUT2D eigenvalue weighted by molar-refractivity contribution is 0.767. The van der Waals surface area contributed by atoms with E-state index in [4.69, 9.17) is 0 Å². The molecule has 22 heavy (non-hydrogen) atoms. The Kier molecular flexibility index (Phi) is 2.83. The molecule has 0 aliphatic carbocycles. The van der Waals surface area contributed by atoms with Crippen LogP contribution in [0.4, 0.5) is 11.6 Å². The van der Waals surface area contributed by atoms with Crippen LogP contribution in [-0.2, 0) is 7.05 Å². The first kappa shape index (κ1) is 12.8. The van der Waals surface area contributed by atoms with Crippen LogP contribution in [0, 0.1) is 0 Å². The van der Waals surface area contributed by atoms with E-state index >= 15 is 0 Å². The molecule has 0 unspecified atom stereocenters. The van der Waals surface area contributed by atoms with Gasteiger partial charge in [0.2, 0.25) is 5.95 Å². The molecule has 4 rings (SSSR count). The lowest BCUT2D eigenvalue weighted by atomic mass is 10.4. The average Bonchev–Trinajstić information content (AvgIpc) is 3.19. The summed E-state index contributed by atoms with van der Waals surface area (Å²) in [7, 11) is 1.83. The van der Waals surface area contributed by atoms with E-state index in [0.717, 1.165) is 11.4 Å². The number of rotatable bonds is 3. The molecule has 0 saturated carbocycles. The topological polar surface area (TPSA) is 80.5 Å². The van der Waals surface area contributed by atoms with Crippen LogP contribution in [0.5, 0.6) is 0 Å². The van der Waals surface area contributed by atoms with Gasteiger partial charge in [0.25, 0.3) is 5.56 Å². The van der Waals surface area contributed by atoms with Crippen molar-refractivity contribution in [3.05, 3.63) is 51.8 Å². The second-order valence-electron chi connectivity index (χ2n) is 4.84. The highest BCUT2D eigenvalue weighted by Gasteiger charge is 2.11. The molecule has 0 bridgehead atoms. The van der Waals surface area contributed by atoms with Crippen LogP contribution in [0.3, 0.4) is 0 Å². The monoisotopic (exact) mass is 312 g/mol. The molecule has 2 N–H and O–H groups in total. The minimum atomic E-state index is -0.198. The number of nitrogens with zero attached hydrogens (tertiary/aromatic N) is 4. The maximum absolute atomic E-state index is 12.4. The van der Waals surface area contributed by atoms with E-state index < -0.39 is 0 Å². The van der Waals surface area contributed by atoms with Gasteiger partial charge in [0.05, 0.1) is 23.1 Å². The van der Waals surface area contributed by atoms with E-state index in [2.05, 4.69) is 20.4 Å². The molecule has 110 valence electrons. The average molecular weight is 312 g/mol. The van der Waals surface area contributed by atoms with Crippen molar-refractivity contribution in [3.63, 3.8) is 0 Å². The van der Waals surface area contributed by atoms with Gasteiger partial charge in [-0.25, -0.2) is 4.98 Å². The first-order valence-electron chi connectivity index (χ1n) is 6.60. The molecule has 0 aliphatic heterocycles. The molecule has 7 nitrogen and oxygen atoms in total. The van der Waals surface area contributed by atoms with Gasteiger partial charge in [-0.05, 0) is 17.5 Å². The fourth-order valence-electron chi connectivity index (χ4n) is 2.33. The second-order valence-corrected chi connectivity index (χ2v) is 5.62. The summed E-state index contributed by atoms with van der Waals surface area (Å²) in [6, 6.07) is 3.74. The van der Waals surface area contributed by atoms with Crippen molar-refractivity contribution in [2.75, 3.05) is 5.32 Å². The molecule has 4 aromatic rings. The van der Waals surface area contributed by atoms with Crippen molar-refractivity contribution in [1.29, 1.82) is 0 Å². The molecular weight excluding hydrogens is 300 g/mol. The van der Waals surface area contributed by atoms with E-state index in [1.807, 2.05) is 42.3 Å². The van der Waals surface area contributed by atoms with Crippen molar-refractivity contribution in [2.24, 2.45) is 7.05 Å². The third-order valence-corrected chi connectivity index (χ3v) is 3.98. The molecule has 0 aromatic carbocycles. The number of thiophene rings is 1. The molecule has 0 spiro atoms. The number of anilines is 2. The number of H-pyrrole nitrogens is 1. The van der Waals surface area contributed by atoms with E-state index in [9.17, 15) is 4.79 Å². The summed E-state index contributed by atoms with van der Waals surface area (Å²) < 4.78 is 3.47. The van der Waals surface area contributed by atoms with Crippen LogP contribution in [-0.4, -0.2) is 24.3 Å². The number of hydrogen-bond acceptors (Lipinski definition) is 5. The summed E-state index contributed by atoms with van der Waals surface area (Å²) in [6.45, 7) is 0. The zero-order valence-electron chi connectivity index (χ0n) is 11.6. The summed E-state index contributed by atoms with van der Waals surface area (Å²) >= 11 is 1.57. The van der Waals surface area contributed by atoms with Gasteiger partial charge in [0.15, 0.2) is 0 Å². The molecule has 0 aliphatic rings. The number of aromatic amines is 1. The summed E-state index contributed by atoms with van der Waals surface area (Å²) in [4.78, 5) is 19.6. The van der Waals surface area contributed by atoms with E-state index in [-0.39, 0.29) is 5.56 Å². The lowest BCUT2D eigenvalue weighted by Gasteiger charge is -2.04. The summed E-state index contributed by atoms with van der Waals surface area (Å²) in [5, 5.41) is 11.1. The molecule has 0 atom stereocenters. The van der Waals surface area contributed by atoms with Gasteiger partial charge in [-0.15, -0.1) is 0 Å². The minimum Gasteiger partial charge on any atom is -0.325 e. The normalized spacial score (nSPS) is 11.1. The molecule has 0 amide bonds. The fraction of sp³-hybridized carbons (Fsp3) is 0.0714. The van der Waals surface area contributed by atoms with Crippen molar-refractivity contribution in [3.8, 4) is 5.69 Å². The molecule has 4 aromatic heterocycles.